The Balaban J connectivity index is 1.78. The Kier molecular flexibility index (Phi) is 5.13. The summed E-state index contributed by atoms with van der Waals surface area (Å²) in [5.74, 6) is 0.553. The van der Waals surface area contributed by atoms with Gasteiger partial charge in [-0.2, -0.15) is 0 Å². The highest BCUT2D eigenvalue weighted by Crippen LogP contribution is 2.36. The van der Waals surface area contributed by atoms with E-state index < -0.39 is 12.7 Å². The number of hydrogen-bond acceptors (Lipinski definition) is 5. The molecular formula is C21H31BN2O4. The Morgan fingerprint density at radius 3 is 2.36 bits per heavy atom. The van der Waals surface area contributed by atoms with Crippen LogP contribution < -0.4 is 5.46 Å². The lowest BCUT2D eigenvalue weighted by atomic mass is 9.78. The van der Waals surface area contributed by atoms with E-state index in [1.807, 2.05) is 61.5 Å². The van der Waals surface area contributed by atoms with E-state index in [9.17, 15) is 4.79 Å². The minimum Gasteiger partial charge on any atom is -0.460 e. The van der Waals surface area contributed by atoms with Crippen molar-refractivity contribution in [2.75, 3.05) is 0 Å². The van der Waals surface area contributed by atoms with Gasteiger partial charge in [0.05, 0.1) is 28.7 Å². The van der Waals surface area contributed by atoms with Gasteiger partial charge in [-0.1, -0.05) is 6.07 Å². The number of carbonyl (C=O) groups is 1. The van der Waals surface area contributed by atoms with E-state index in [0.29, 0.717) is 12.8 Å². The summed E-state index contributed by atoms with van der Waals surface area (Å²) in [6, 6.07) is 4.08. The molecule has 2 heterocycles. The predicted octanol–water partition coefficient (Wildman–Crippen LogP) is 3.44. The second kappa shape index (κ2) is 6.88. The van der Waals surface area contributed by atoms with E-state index in [1.165, 1.54) is 0 Å². The molecule has 3 rings (SSSR count). The molecule has 1 aliphatic rings. The van der Waals surface area contributed by atoms with Gasteiger partial charge in [0.1, 0.15) is 11.4 Å². The first kappa shape index (κ1) is 20.9. The molecule has 0 radical (unpaired) electrons. The number of benzene rings is 1. The fourth-order valence-corrected chi connectivity index (χ4v) is 3.22. The van der Waals surface area contributed by atoms with E-state index in [4.69, 9.17) is 14.0 Å². The highest BCUT2D eigenvalue weighted by atomic mass is 16.7. The monoisotopic (exact) mass is 386 g/mol. The number of imidazole rings is 1. The molecule has 0 saturated carbocycles. The fraction of sp³-hybridized carbons (Fsp3) is 0.619. The van der Waals surface area contributed by atoms with Crippen molar-refractivity contribution in [3.63, 3.8) is 0 Å². The van der Waals surface area contributed by atoms with Crippen molar-refractivity contribution in [2.24, 2.45) is 0 Å². The number of fused-ring (bicyclic) bond motifs is 1. The van der Waals surface area contributed by atoms with E-state index in [0.717, 1.165) is 27.9 Å². The molecular weight excluding hydrogens is 355 g/mol. The van der Waals surface area contributed by atoms with Crippen LogP contribution in [0.4, 0.5) is 0 Å². The number of aromatic amines is 1. The van der Waals surface area contributed by atoms with Gasteiger partial charge in [-0.25, -0.2) is 4.98 Å². The molecule has 0 amide bonds. The zero-order chi connectivity index (χ0) is 20.9. The molecule has 1 fully saturated rings. The summed E-state index contributed by atoms with van der Waals surface area (Å²) in [5, 5.41) is 0. The summed E-state index contributed by atoms with van der Waals surface area (Å²) in [7, 11) is -0.415. The van der Waals surface area contributed by atoms with Crippen molar-refractivity contribution >= 4 is 29.6 Å². The second-order valence-electron chi connectivity index (χ2n) is 9.59. The summed E-state index contributed by atoms with van der Waals surface area (Å²) in [6.45, 7) is 15.8. The highest BCUT2D eigenvalue weighted by Gasteiger charge is 2.51. The number of aromatic nitrogens is 2. The minimum atomic E-state index is -0.473. The van der Waals surface area contributed by atoms with Crippen LogP contribution in [0.15, 0.2) is 12.1 Å². The molecule has 1 N–H and O–H groups in total. The van der Waals surface area contributed by atoms with Crippen LogP contribution in [-0.2, 0) is 25.3 Å². The molecule has 0 atom stereocenters. The smallest absolute Gasteiger partial charge is 0.460 e. The molecule has 2 aromatic rings. The third kappa shape index (κ3) is 4.25. The average molecular weight is 386 g/mol. The number of esters is 1. The number of rotatable bonds is 4. The van der Waals surface area contributed by atoms with Gasteiger partial charge < -0.3 is 19.0 Å². The zero-order valence-corrected chi connectivity index (χ0v) is 18.2. The van der Waals surface area contributed by atoms with E-state index in [-0.39, 0.29) is 17.2 Å². The first-order chi connectivity index (χ1) is 12.8. The molecule has 7 heteroatoms. The molecule has 1 saturated heterocycles. The minimum absolute atomic E-state index is 0.220. The lowest BCUT2D eigenvalue weighted by molar-refractivity contribution is -0.154. The summed E-state index contributed by atoms with van der Waals surface area (Å²) in [6.07, 6.45) is 0.801. The summed E-state index contributed by atoms with van der Waals surface area (Å²) in [4.78, 5) is 20.0. The van der Waals surface area contributed by atoms with E-state index in [2.05, 4.69) is 16.0 Å². The Bertz CT molecular complexity index is 880. The Labute approximate surface area is 167 Å². The zero-order valence-electron chi connectivity index (χ0n) is 18.2. The maximum Gasteiger partial charge on any atom is 0.494 e. The summed E-state index contributed by atoms with van der Waals surface area (Å²) in [5.41, 5.74) is 2.59. The number of ether oxygens (including phenoxy) is 1. The number of carbonyl (C=O) groups excluding carboxylic acids is 1. The average Bonchev–Trinajstić information content (AvgIpc) is 3.02. The van der Waals surface area contributed by atoms with Crippen LogP contribution in [-0.4, -0.2) is 39.9 Å². The third-order valence-electron chi connectivity index (χ3n) is 5.36. The Morgan fingerprint density at radius 2 is 1.79 bits per heavy atom. The highest BCUT2D eigenvalue weighted by molar-refractivity contribution is 6.62. The molecule has 1 aromatic heterocycles. The van der Waals surface area contributed by atoms with E-state index >= 15 is 0 Å². The van der Waals surface area contributed by atoms with Gasteiger partial charge in [-0.15, -0.1) is 0 Å². The van der Waals surface area contributed by atoms with E-state index in [1.54, 1.807) is 0 Å². The van der Waals surface area contributed by atoms with Crippen LogP contribution in [0.1, 0.15) is 66.3 Å². The van der Waals surface area contributed by atoms with Crippen LogP contribution in [0.2, 0.25) is 0 Å². The van der Waals surface area contributed by atoms with Gasteiger partial charge >= 0.3 is 13.1 Å². The largest absolute Gasteiger partial charge is 0.494 e. The number of nitrogens with zero attached hydrogens (tertiary/aromatic N) is 1. The van der Waals surface area contributed by atoms with Crippen molar-refractivity contribution in [1.29, 1.82) is 0 Å². The van der Waals surface area contributed by atoms with Gasteiger partial charge in [0, 0.05) is 6.42 Å². The first-order valence-electron chi connectivity index (χ1n) is 9.84. The SMILES string of the molecule is Cc1cc(B2OC(C)(C)C(C)(C)O2)cc2[nH]c(CCC(=O)OC(C)(C)C)nc12. The molecule has 0 spiro atoms. The Hall–Kier alpha value is -1.86. The van der Waals surface area contributed by atoms with Crippen LogP contribution in [0, 0.1) is 6.92 Å². The number of hydrogen-bond donors (Lipinski definition) is 1. The van der Waals surface area contributed by atoms with Gasteiger partial charge in [0.2, 0.25) is 0 Å². The van der Waals surface area contributed by atoms with Crippen LogP contribution >= 0.6 is 0 Å². The molecule has 0 aliphatic carbocycles. The lowest BCUT2D eigenvalue weighted by Gasteiger charge is -2.32. The number of nitrogens with one attached hydrogen (secondary N) is 1. The van der Waals surface area contributed by atoms with Gasteiger partial charge in [-0.05, 0) is 72.5 Å². The van der Waals surface area contributed by atoms with Gasteiger partial charge in [-0.3, -0.25) is 4.79 Å². The maximum absolute atomic E-state index is 12.0. The van der Waals surface area contributed by atoms with Crippen LogP contribution in [0.25, 0.3) is 11.0 Å². The number of H-pyrrole nitrogens is 1. The first-order valence-corrected chi connectivity index (χ1v) is 9.84. The molecule has 0 unspecified atom stereocenters. The van der Waals surface area contributed by atoms with Crippen molar-refractivity contribution in [1.82, 2.24) is 9.97 Å². The fourth-order valence-electron chi connectivity index (χ4n) is 3.22. The molecule has 1 aliphatic heterocycles. The summed E-state index contributed by atoms with van der Waals surface area (Å²) < 4.78 is 17.7. The summed E-state index contributed by atoms with van der Waals surface area (Å²) >= 11 is 0. The third-order valence-corrected chi connectivity index (χ3v) is 5.36. The molecule has 6 nitrogen and oxygen atoms in total. The Morgan fingerprint density at radius 1 is 1.18 bits per heavy atom. The molecule has 1 aromatic carbocycles. The quantitative estimate of drug-likeness (QED) is 0.644. The van der Waals surface area contributed by atoms with Crippen molar-refractivity contribution in [3.05, 3.63) is 23.5 Å². The predicted molar refractivity (Wildman–Crippen MR) is 111 cm³/mol. The topological polar surface area (TPSA) is 73.4 Å². The maximum atomic E-state index is 12.0. The van der Waals surface area contributed by atoms with Crippen LogP contribution in [0.5, 0.6) is 0 Å². The molecule has 28 heavy (non-hydrogen) atoms. The van der Waals surface area contributed by atoms with Gasteiger partial charge in [0.25, 0.3) is 0 Å². The second-order valence-corrected chi connectivity index (χ2v) is 9.59. The number of aryl methyl sites for hydroxylation is 2. The standard InChI is InChI=1S/C21H31BN2O4/c1-13-11-14(22-27-20(5,6)21(7,8)28-22)12-15-18(13)24-16(23-15)9-10-17(25)26-19(2,3)4/h11-12H,9-10H2,1-8H3,(H,23,24). The van der Waals surface area contributed by atoms with Crippen molar-refractivity contribution < 1.29 is 18.8 Å². The molecule has 0 bridgehead atoms. The van der Waals surface area contributed by atoms with Crippen molar-refractivity contribution in [3.8, 4) is 0 Å². The normalized spacial score (nSPS) is 18.6. The van der Waals surface area contributed by atoms with Crippen molar-refractivity contribution in [2.45, 2.75) is 85.0 Å². The van der Waals surface area contributed by atoms with Gasteiger partial charge in [0.15, 0.2) is 0 Å². The lowest BCUT2D eigenvalue weighted by Crippen LogP contribution is -2.41. The van der Waals surface area contributed by atoms with Crippen LogP contribution in [0.3, 0.4) is 0 Å². The molecule has 152 valence electrons.